The monoisotopic (exact) mass is 260 g/mol. The number of nitrogens with zero attached hydrogens (tertiary/aromatic N) is 1. The molecule has 0 aliphatic carbocycles. The number of hydrogen-bond donors (Lipinski definition) is 1. The maximum atomic E-state index is 3.60. The molecule has 2 rings (SSSR count). The molecule has 19 heavy (non-hydrogen) atoms. The molecule has 0 amide bonds. The van der Waals surface area contributed by atoms with Crippen LogP contribution in [0.1, 0.15) is 46.6 Å². The number of benzene rings is 1. The maximum absolute atomic E-state index is 3.60. The minimum absolute atomic E-state index is 0.197. The lowest BCUT2D eigenvalue weighted by Crippen LogP contribution is -2.55. The highest BCUT2D eigenvalue weighted by Crippen LogP contribution is 2.33. The van der Waals surface area contributed by atoms with E-state index in [9.17, 15) is 0 Å². The number of nitrogens with one attached hydrogen (secondary N) is 1. The van der Waals surface area contributed by atoms with Crippen LogP contribution in [-0.4, -0.2) is 25.2 Å². The second kappa shape index (κ2) is 5.54. The molecule has 0 bridgehead atoms. The van der Waals surface area contributed by atoms with Crippen LogP contribution in [0.25, 0.3) is 0 Å². The van der Waals surface area contributed by atoms with Gasteiger partial charge in [0.1, 0.15) is 0 Å². The molecule has 0 saturated carbocycles. The quantitative estimate of drug-likeness (QED) is 0.874. The van der Waals surface area contributed by atoms with E-state index in [-0.39, 0.29) is 5.41 Å². The van der Waals surface area contributed by atoms with E-state index in [2.05, 4.69) is 69.1 Å². The average molecular weight is 260 g/mol. The number of rotatable bonds is 2. The van der Waals surface area contributed by atoms with Gasteiger partial charge in [0.25, 0.3) is 0 Å². The number of para-hydroxylation sites is 1. The molecule has 1 saturated heterocycles. The van der Waals surface area contributed by atoms with Gasteiger partial charge in [-0.05, 0) is 30.4 Å². The minimum Gasteiger partial charge on any atom is -0.365 e. The van der Waals surface area contributed by atoms with Crippen molar-refractivity contribution in [3.05, 3.63) is 29.8 Å². The maximum Gasteiger partial charge on any atom is 0.0412 e. The van der Waals surface area contributed by atoms with Gasteiger partial charge in [0, 0.05) is 30.9 Å². The standard InChI is InChI=1S/C17H28N2/c1-6-14-11-18-13(2)12-19(14)16-10-8-7-9-15(16)17(3,4)5/h7-10,13-14,18H,6,11-12H2,1-5H3. The molecule has 1 fully saturated rings. The van der Waals surface area contributed by atoms with Crippen LogP contribution in [0.3, 0.4) is 0 Å². The van der Waals surface area contributed by atoms with Crippen molar-refractivity contribution in [2.45, 2.75) is 58.5 Å². The number of piperazine rings is 1. The van der Waals surface area contributed by atoms with E-state index in [4.69, 9.17) is 0 Å². The zero-order valence-electron chi connectivity index (χ0n) is 13.0. The largest absolute Gasteiger partial charge is 0.365 e. The van der Waals surface area contributed by atoms with E-state index in [0.717, 1.165) is 13.1 Å². The zero-order chi connectivity index (χ0) is 14.0. The molecule has 1 aromatic rings. The molecule has 0 spiro atoms. The van der Waals surface area contributed by atoms with Crippen LogP contribution in [0.4, 0.5) is 5.69 Å². The van der Waals surface area contributed by atoms with Gasteiger partial charge in [0.2, 0.25) is 0 Å². The molecule has 1 aliphatic rings. The Kier molecular flexibility index (Phi) is 4.19. The van der Waals surface area contributed by atoms with Gasteiger partial charge in [-0.3, -0.25) is 0 Å². The normalized spacial score (nSPS) is 24.6. The van der Waals surface area contributed by atoms with Crippen molar-refractivity contribution >= 4 is 5.69 Å². The first-order valence-corrected chi connectivity index (χ1v) is 7.53. The van der Waals surface area contributed by atoms with Gasteiger partial charge in [-0.2, -0.15) is 0 Å². The van der Waals surface area contributed by atoms with Crippen molar-refractivity contribution in [3.8, 4) is 0 Å². The zero-order valence-corrected chi connectivity index (χ0v) is 13.0. The smallest absolute Gasteiger partial charge is 0.0412 e. The van der Waals surface area contributed by atoms with E-state index in [1.807, 2.05) is 0 Å². The highest BCUT2D eigenvalue weighted by Gasteiger charge is 2.28. The predicted molar refractivity (Wildman–Crippen MR) is 84.0 cm³/mol. The summed E-state index contributed by atoms with van der Waals surface area (Å²) >= 11 is 0. The van der Waals surface area contributed by atoms with Crippen molar-refractivity contribution in [2.75, 3.05) is 18.0 Å². The topological polar surface area (TPSA) is 15.3 Å². The van der Waals surface area contributed by atoms with E-state index >= 15 is 0 Å². The molecule has 2 unspecified atom stereocenters. The Balaban J connectivity index is 2.39. The molecule has 1 aliphatic heterocycles. The second-order valence-corrected chi connectivity index (χ2v) is 6.79. The Bertz CT molecular complexity index is 420. The third-order valence-corrected chi connectivity index (χ3v) is 4.11. The Hall–Kier alpha value is -1.02. The minimum atomic E-state index is 0.197. The Morgan fingerprint density at radius 3 is 2.58 bits per heavy atom. The van der Waals surface area contributed by atoms with Crippen LogP contribution in [0.5, 0.6) is 0 Å². The summed E-state index contributed by atoms with van der Waals surface area (Å²) in [5.74, 6) is 0. The third kappa shape index (κ3) is 3.11. The summed E-state index contributed by atoms with van der Waals surface area (Å²) in [6.07, 6.45) is 1.19. The number of anilines is 1. The van der Waals surface area contributed by atoms with Crippen LogP contribution >= 0.6 is 0 Å². The highest BCUT2D eigenvalue weighted by atomic mass is 15.2. The van der Waals surface area contributed by atoms with Crippen LogP contribution in [0.15, 0.2) is 24.3 Å². The molecule has 1 heterocycles. The molecule has 2 atom stereocenters. The SMILES string of the molecule is CCC1CNC(C)CN1c1ccccc1C(C)(C)C. The summed E-state index contributed by atoms with van der Waals surface area (Å²) in [5, 5.41) is 3.60. The van der Waals surface area contributed by atoms with Gasteiger partial charge in [-0.1, -0.05) is 45.9 Å². The van der Waals surface area contributed by atoms with Crippen LogP contribution < -0.4 is 10.2 Å². The van der Waals surface area contributed by atoms with Gasteiger partial charge in [0.05, 0.1) is 0 Å². The summed E-state index contributed by atoms with van der Waals surface area (Å²) in [5.41, 5.74) is 3.08. The van der Waals surface area contributed by atoms with Crippen LogP contribution in [-0.2, 0) is 5.41 Å². The predicted octanol–water partition coefficient (Wildman–Crippen LogP) is 3.56. The van der Waals surface area contributed by atoms with Crippen molar-refractivity contribution in [1.82, 2.24) is 5.32 Å². The lowest BCUT2D eigenvalue weighted by Gasteiger charge is -2.42. The fourth-order valence-corrected chi connectivity index (χ4v) is 2.97. The van der Waals surface area contributed by atoms with Crippen molar-refractivity contribution in [1.29, 1.82) is 0 Å². The summed E-state index contributed by atoms with van der Waals surface area (Å²) < 4.78 is 0. The van der Waals surface area contributed by atoms with Crippen molar-refractivity contribution in [2.24, 2.45) is 0 Å². The third-order valence-electron chi connectivity index (χ3n) is 4.11. The van der Waals surface area contributed by atoms with E-state index < -0.39 is 0 Å². The summed E-state index contributed by atoms with van der Waals surface area (Å²) in [6.45, 7) is 13.7. The van der Waals surface area contributed by atoms with E-state index in [1.165, 1.54) is 17.7 Å². The van der Waals surface area contributed by atoms with Crippen LogP contribution in [0, 0.1) is 0 Å². The summed E-state index contributed by atoms with van der Waals surface area (Å²) in [6, 6.07) is 10.1. The molecule has 106 valence electrons. The molecule has 0 radical (unpaired) electrons. The van der Waals surface area contributed by atoms with Gasteiger partial charge < -0.3 is 10.2 Å². The first-order chi connectivity index (χ1) is 8.93. The van der Waals surface area contributed by atoms with Gasteiger partial charge >= 0.3 is 0 Å². The Morgan fingerprint density at radius 1 is 1.26 bits per heavy atom. The van der Waals surface area contributed by atoms with E-state index in [1.54, 1.807) is 0 Å². The number of hydrogen-bond acceptors (Lipinski definition) is 2. The fraction of sp³-hybridized carbons (Fsp3) is 0.647. The molecule has 1 aromatic carbocycles. The van der Waals surface area contributed by atoms with Gasteiger partial charge in [-0.15, -0.1) is 0 Å². The second-order valence-electron chi connectivity index (χ2n) is 6.79. The summed E-state index contributed by atoms with van der Waals surface area (Å²) in [7, 11) is 0. The molecule has 2 heteroatoms. The molecule has 2 nitrogen and oxygen atoms in total. The molecular formula is C17H28N2. The van der Waals surface area contributed by atoms with Gasteiger partial charge in [-0.25, -0.2) is 0 Å². The lowest BCUT2D eigenvalue weighted by atomic mass is 9.85. The molecule has 1 N–H and O–H groups in total. The van der Waals surface area contributed by atoms with Crippen LogP contribution in [0.2, 0.25) is 0 Å². The van der Waals surface area contributed by atoms with Gasteiger partial charge in [0.15, 0.2) is 0 Å². The fourth-order valence-electron chi connectivity index (χ4n) is 2.97. The first-order valence-electron chi connectivity index (χ1n) is 7.53. The Labute approximate surface area is 118 Å². The molecular weight excluding hydrogens is 232 g/mol. The van der Waals surface area contributed by atoms with E-state index in [0.29, 0.717) is 12.1 Å². The Morgan fingerprint density at radius 2 is 1.95 bits per heavy atom. The van der Waals surface area contributed by atoms with Crippen molar-refractivity contribution < 1.29 is 0 Å². The summed E-state index contributed by atoms with van der Waals surface area (Å²) in [4.78, 5) is 2.61. The highest BCUT2D eigenvalue weighted by molar-refractivity contribution is 5.57. The lowest BCUT2D eigenvalue weighted by molar-refractivity contribution is 0.400. The first kappa shape index (κ1) is 14.4. The van der Waals surface area contributed by atoms with Crippen molar-refractivity contribution in [3.63, 3.8) is 0 Å². The average Bonchev–Trinajstić information content (AvgIpc) is 2.37. The molecule has 0 aromatic heterocycles.